The van der Waals surface area contributed by atoms with E-state index in [4.69, 9.17) is 4.74 Å². The van der Waals surface area contributed by atoms with Crippen molar-refractivity contribution in [2.75, 3.05) is 31.6 Å². The van der Waals surface area contributed by atoms with E-state index in [1.54, 1.807) is 0 Å². The molecule has 1 fully saturated rings. The van der Waals surface area contributed by atoms with Gasteiger partial charge in [0.15, 0.2) is 0 Å². The number of hydrogen-bond donors (Lipinski definition) is 1. The zero-order valence-corrected chi connectivity index (χ0v) is 11.8. The third-order valence-corrected chi connectivity index (χ3v) is 3.67. The molecule has 0 aliphatic carbocycles. The molecule has 19 heavy (non-hydrogen) atoms. The summed E-state index contributed by atoms with van der Waals surface area (Å²) in [6, 6.07) is 8.09. The minimum absolute atomic E-state index is 0.267. The van der Waals surface area contributed by atoms with Gasteiger partial charge in [-0.3, -0.25) is 0 Å². The molecule has 1 N–H and O–H groups in total. The van der Waals surface area contributed by atoms with Crippen LogP contribution in [0.15, 0.2) is 24.3 Å². The first kappa shape index (κ1) is 13.9. The van der Waals surface area contributed by atoms with Gasteiger partial charge < -0.3 is 15.0 Å². The molecule has 1 aromatic rings. The molecule has 1 heterocycles. The van der Waals surface area contributed by atoms with Gasteiger partial charge in [0, 0.05) is 25.7 Å². The van der Waals surface area contributed by atoms with Crippen molar-refractivity contribution in [3.05, 3.63) is 29.8 Å². The zero-order valence-electron chi connectivity index (χ0n) is 11.8. The highest BCUT2D eigenvalue weighted by Crippen LogP contribution is 2.26. The van der Waals surface area contributed by atoms with Gasteiger partial charge in [-0.25, -0.2) is 4.79 Å². The van der Waals surface area contributed by atoms with Crippen molar-refractivity contribution in [3.8, 4) is 0 Å². The summed E-state index contributed by atoms with van der Waals surface area (Å²) < 4.78 is 4.88. The van der Waals surface area contributed by atoms with Crippen LogP contribution in [0.4, 0.5) is 5.69 Å². The van der Waals surface area contributed by atoms with Gasteiger partial charge in [-0.2, -0.15) is 0 Å². The van der Waals surface area contributed by atoms with E-state index >= 15 is 0 Å². The second-order valence-corrected chi connectivity index (χ2v) is 5.22. The van der Waals surface area contributed by atoms with Crippen molar-refractivity contribution in [3.63, 3.8) is 0 Å². The molecule has 0 unspecified atom stereocenters. The highest BCUT2D eigenvalue weighted by Gasteiger charge is 2.27. The number of methoxy groups -OCH3 is 1. The number of benzene rings is 1. The molecule has 4 heteroatoms. The highest BCUT2D eigenvalue weighted by atomic mass is 16.5. The van der Waals surface area contributed by atoms with E-state index < -0.39 is 0 Å². The molecule has 0 saturated carbocycles. The number of rotatable bonds is 3. The molecular formula is C15H22N2O2. The lowest BCUT2D eigenvalue weighted by Crippen LogP contribution is -2.54. The van der Waals surface area contributed by atoms with Gasteiger partial charge in [-0.1, -0.05) is 26.0 Å². The van der Waals surface area contributed by atoms with E-state index in [0.717, 1.165) is 25.3 Å². The fraction of sp³-hybridized carbons (Fsp3) is 0.533. The summed E-state index contributed by atoms with van der Waals surface area (Å²) in [7, 11) is 1.43. The summed E-state index contributed by atoms with van der Waals surface area (Å²) in [6.45, 7) is 7.24. The number of nitrogens with one attached hydrogen (secondary N) is 1. The van der Waals surface area contributed by atoms with Crippen molar-refractivity contribution in [1.29, 1.82) is 0 Å². The van der Waals surface area contributed by atoms with Crippen LogP contribution >= 0.6 is 0 Å². The first-order chi connectivity index (χ1) is 9.15. The first-order valence-corrected chi connectivity index (χ1v) is 6.80. The van der Waals surface area contributed by atoms with Crippen molar-refractivity contribution >= 4 is 11.7 Å². The van der Waals surface area contributed by atoms with Crippen LogP contribution in [0.1, 0.15) is 24.2 Å². The molecule has 0 aromatic heterocycles. The lowest BCUT2D eigenvalue weighted by atomic mass is 9.98. The Hall–Kier alpha value is -1.55. The van der Waals surface area contributed by atoms with Crippen molar-refractivity contribution in [2.24, 2.45) is 5.92 Å². The molecule has 1 aliphatic heterocycles. The van der Waals surface area contributed by atoms with Crippen LogP contribution in [-0.2, 0) is 4.74 Å². The number of carbonyl (C=O) groups excluding carboxylic acids is 1. The van der Waals surface area contributed by atoms with Gasteiger partial charge in [0.2, 0.25) is 0 Å². The Bertz CT molecular complexity index is 446. The fourth-order valence-electron chi connectivity index (χ4n) is 2.63. The normalized spacial score (nSPS) is 19.6. The maximum Gasteiger partial charge on any atom is 0.339 e. The van der Waals surface area contributed by atoms with Crippen molar-refractivity contribution in [2.45, 2.75) is 19.9 Å². The Balaban J connectivity index is 2.36. The predicted octanol–water partition coefficient (Wildman–Crippen LogP) is 1.91. The molecule has 0 bridgehead atoms. The Labute approximate surface area is 114 Å². The molecular weight excluding hydrogens is 240 g/mol. The summed E-state index contributed by atoms with van der Waals surface area (Å²) in [6.07, 6.45) is 0. The number of hydrogen-bond acceptors (Lipinski definition) is 4. The van der Waals surface area contributed by atoms with Crippen LogP contribution in [0, 0.1) is 5.92 Å². The number of nitrogens with zero attached hydrogens (tertiary/aromatic N) is 1. The molecule has 2 rings (SSSR count). The van der Waals surface area contributed by atoms with Crippen LogP contribution in [0.3, 0.4) is 0 Å². The largest absolute Gasteiger partial charge is 0.465 e. The monoisotopic (exact) mass is 262 g/mol. The fourth-order valence-corrected chi connectivity index (χ4v) is 2.63. The molecule has 0 spiro atoms. The third kappa shape index (κ3) is 2.89. The van der Waals surface area contributed by atoms with Gasteiger partial charge in [-0.05, 0) is 18.1 Å². The van der Waals surface area contributed by atoms with Crippen LogP contribution in [0.25, 0.3) is 0 Å². The van der Waals surface area contributed by atoms with E-state index in [1.807, 2.05) is 24.3 Å². The maximum absolute atomic E-state index is 11.9. The van der Waals surface area contributed by atoms with Gasteiger partial charge in [0.1, 0.15) is 0 Å². The number of anilines is 1. The Morgan fingerprint density at radius 2 is 2.16 bits per heavy atom. The molecule has 1 aliphatic rings. The molecule has 1 atom stereocenters. The first-order valence-electron chi connectivity index (χ1n) is 6.80. The van der Waals surface area contributed by atoms with Crippen LogP contribution in [-0.4, -0.2) is 38.8 Å². The topological polar surface area (TPSA) is 41.6 Å². The number of para-hydroxylation sites is 1. The number of esters is 1. The van der Waals surface area contributed by atoms with E-state index in [0.29, 0.717) is 17.5 Å². The molecule has 0 radical (unpaired) electrons. The summed E-state index contributed by atoms with van der Waals surface area (Å²) in [5.41, 5.74) is 1.63. The second-order valence-electron chi connectivity index (χ2n) is 5.22. The van der Waals surface area contributed by atoms with Crippen LogP contribution in [0.5, 0.6) is 0 Å². The molecule has 1 aromatic carbocycles. The van der Waals surface area contributed by atoms with Crippen molar-refractivity contribution < 1.29 is 9.53 Å². The number of carbonyl (C=O) groups is 1. The molecule has 104 valence electrons. The van der Waals surface area contributed by atoms with Crippen LogP contribution in [0.2, 0.25) is 0 Å². The van der Waals surface area contributed by atoms with Gasteiger partial charge in [0.25, 0.3) is 0 Å². The van der Waals surface area contributed by atoms with E-state index in [-0.39, 0.29) is 5.97 Å². The second kappa shape index (κ2) is 6.06. The van der Waals surface area contributed by atoms with E-state index in [1.165, 1.54) is 7.11 Å². The molecule has 4 nitrogen and oxygen atoms in total. The number of ether oxygens (including phenoxy) is 1. The van der Waals surface area contributed by atoms with Gasteiger partial charge in [-0.15, -0.1) is 0 Å². The van der Waals surface area contributed by atoms with Gasteiger partial charge in [0.05, 0.1) is 18.4 Å². The average Bonchev–Trinajstić information content (AvgIpc) is 2.46. The summed E-state index contributed by atoms with van der Waals surface area (Å²) in [5, 5.41) is 3.42. The minimum atomic E-state index is -0.267. The maximum atomic E-state index is 11.9. The zero-order chi connectivity index (χ0) is 13.8. The molecule has 0 amide bonds. The summed E-state index contributed by atoms with van der Waals surface area (Å²) in [5.74, 6) is 0.259. The summed E-state index contributed by atoms with van der Waals surface area (Å²) >= 11 is 0. The smallest absolute Gasteiger partial charge is 0.339 e. The van der Waals surface area contributed by atoms with Crippen LogP contribution < -0.4 is 10.2 Å². The summed E-state index contributed by atoms with van der Waals surface area (Å²) in [4.78, 5) is 14.2. The Kier molecular flexibility index (Phi) is 4.43. The lowest BCUT2D eigenvalue weighted by molar-refractivity contribution is 0.0601. The number of piperazine rings is 1. The van der Waals surface area contributed by atoms with E-state index in [9.17, 15) is 4.79 Å². The Morgan fingerprint density at radius 1 is 1.42 bits per heavy atom. The van der Waals surface area contributed by atoms with E-state index in [2.05, 4.69) is 24.1 Å². The third-order valence-electron chi connectivity index (χ3n) is 3.67. The highest BCUT2D eigenvalue weighted by molar-refractivity contribution is 5.95. The average molecular weight is 262 g/mol. The standard InChI is InChI=1S/C15H22N2O2/c1-11(2)14-10-16-8-9-17(14)13-7-5-4-6-12(13)15(18)19-3/h4-7,11,14,16H,8-10H2,1-3H3/t14-/m1/s1. The van der Waals surface area contributed by atoms with Gasteiger partial charge >= 0.3 is 5.97 Å². The Morgan fingerprint density at radius 3 is 2.84 bits per heavy atom. The minimum Gasteiger partial charge on any atom is -0.465 e. The lowest BCUT2D eigenvalue weighted by Gasteiger charge is -2.41. The SMILES string of the molecule is COC(=O)c1ccccc1N1CCNC[C@@H]1C(C)C. The quantitative estimate of drug-likeness (QED) is 0.845. The van der Waals surface area contributed by atoms with Crippen molar-refractivity contribution in [1.82, 2.24) is 5.32 Å². The molecule has 1 saturated heterocycles. The predicted molar refractivity (Wildman–Crippen MR) is 76.6 cm³/mol.